The zero-order chi connectivity index (χ0) is 18.4. The number of likely N-dealkylation sites (tertiary alicyclic amines) is 1. The third-order valence-electron chi connectivity index (χ3n) is 3.97. The van der Waals surface area contributed by atoms with Gasteiger partial charge in [0.05, 0.1) is 0 Å². The van der Waals surface area contributed by atoms with E-state index in [-0.39, 0.29) is 17.5 Å². The smallest absolute Gasteiger partial charge is 0.354 e. The summed E-state index contributed by atoms with van der Waals surface area (Å²) in [5.41, 5.74) is 6.28. The number of rotatable bonds is 4. The van der Waals surface area contributed by atoms with Gasteiger partial charge in [0.1, 0.15) is 0 Å². The van der Waals surface area contributed by atoms with Crippen LogP contribution in [0.25, 0.3) is 11.1 Å². The molecule has 1 amide bonds. The van der Waals surface area contributed by atoms with Gasteiger partial charge in [0.15, 0.2) is 5.69 Å². The first-order chi connectivity index (χ1) is 11.7. The Balaban J connectivity index is 1.94. The first kappa shape index (κ1) is 17.1. The van der Waals surface area contributed by atoms with E-state index in [2.05, 4.69) is 0 Å². The van der Waals surface area contributed by atoms with Gasteiger partial charge in [-0.1, -0.05) is 12.1 Å². The molecule has 0 saturated carbocycles. The number of carbonyl (C=O) groups is 2. The molecule has 0 bridgehead atoms. The maximum absolute atomic E-state index is 12.2. The molecule has 5 N–H and O–H groups in total. The van der Waals surface area contributed by atoms with E-state index in [1.54, 1.807) is 29.2 Å². The fraction of sp³-hybridized carbons (Fsp3) is 0.200. The van der Waals surface area contributed by atoms with Crippen LogP contribution in [0.5, 0.6) is 0 Å². The molecule has 1 aliphatic heterocycles. The summed E-state index contributed by atoms with van der Waals surface area (Å²) in [6.07, 6.45) is 1.08. The minimum atomic E-state index is -4.24. The van der Waals surface area contributed by atoms with Crippen molar-refractivity contribution in [1.82, 2.24) is 8.87 Å². The van der Waals surface area contributed by atoms with Crippen LogP contribution < -0.4 is 10.9 Å². The molecule has 0 unspecified atom stereocenters. The van der Waals surface area contributed by atoms with Crippen LogP contribution in [-0.4, -0.2) is 53.4 Å². The van der Waals surface area contributed by atoms with Gasteiger partial charge in [-0.2, -0.15) is 8.42 Å². The summed E-state index contributed by atoms with van der Waals surface area (Å²) in [4.78, 5) is 25.3. The van der Waals surface area contributed by atoms with Crippen LogP contribution in [0.3, 0.4) is 0 Å². The predicted octanol–water partition coefficient (Wildman–Crippen LogP) is -0.312. The second-order valence-corrected chi connectivity index (χ2v) is 7.19. The fourth-order valence-electron chi connectivity index (χ4n) is 2.72. The summed E-state index contributed by atoms with van der Waals surface area (Å²) in [5.74, 6) is -1.59. The normalized spacial score (nSPS) is 15.0. The maximum atomic E-state index is 12.2. The molecule has 0 aliphatic carbocycles. The first-order valence-corrected chi connectivity index (χ1v) is 8.82. The molecule has 1 fully saturated rings. The Bertz CT molecular complexity index is 943. The summed E-state index contributed by atoms with van der Waals surface area (Å²) >= 11 is 0. The van der Waals surface area contributed by atoms with E-state index >= 15 is 0 Å². The van der Waals surface area contributed by atoms with Crippen molar-refractivity contribution in [3.05, 3.63) is 47.8 Å². The van der Waals surface area contributed by atoms with Crippen molar-refractivity contribution in [3.8, 4) is 11.1 Å². The van der Waals surface area contributed by atoms with Crippen molar-refractivity contribution >= 4 is 22.1 Å². The largest absolute Gasteiger partial charge is 0.477 e. The topological polar surface area (TPSA) is 149 Å². The highest BCUT2D eigenvalue weighted by molar-refractivity contribution is 7.87. The van der Waals surface area contributed by atoms with Crippen LogP contribution in [-0.2, 0) is 10.2 Å². The highest BCUT2D eigenvalue weighted by Gasteiger charge is 2.28. The van der Waals surface area contributed by atoms with Gasteiger partial charge in [0, 0.05) is 36.5 Å². The molecule has 1 aromatic carbocycles. The van der Waals surface area contributed by atoms with Gasteiger partial charge < -0.3 is 15.7 Å². The Kier molecular flexibility index (Phi) is 4.11. The molecule has 0 radical (unpaired) electrons. The standard InChI is InChI=1S/C15H16N4O5S/c16-11-7-18(8-11)14(20)10-3-1-9(2-4-10)12-5-6-19(25(17,23)24)13(12)15(21)22/h1-6,11H,7-8,16H2,(H,21,22)(H2,17,23,24). The third-order valence-corrected chi connectivity index (χ3v) is 4.82. The van der Waals surface area contributed by atoms with Gasteiger partial charge in [-0.15, -0.1) is 0 Å². The molecule has 9 nitrogen and oxygen atoms in total. The number of benzene rings is 1. The zero-order valence-electron chi connectivity index (χ0n) is 13.0. The summed E-state index contributed by atoms with van der Waals surface area (Å²) in [6.45, 7) is 1.00. The average molecular weight is 364 g/mol. The molecule has 0 spiro atoms. The molecule has 0 atom stereocenters. The lowest BCUT2D eigenvalue weighted by molar-refractivity contribution is 0.0607. The number of carbonyl (C=O) groups excluding carboxylic acids is 1. The SMILES string of the molecule is NC1CN(C(=O)c2ccc(-c3ccn(S(N)(=O)=O)c3C(=O)O)cc2)C1. The zero-order valence-corrected chi connectivity index (χ0v) is 13.8. The van der Waals surface area contributed by atoms with Crippen LogP contribution in [0.1, 0.15) is 20.8 Å². The summed E-state index contributed by atoms with van der Waals surface area (Å²) < 4.78 is 23.5. The van der Waals surface area contributed by atoms with Gasteiger partial charge in [-0.3, -0.25) is 4.79 Å². The summed E-state index contributed by atoms with van der Waals surface area (Å²) in [5, 5.41) is 14.4. The lowest BCUT2D eigenvalue weighted by Gasteiger charge is -2.36. The fourth-order valence-corrected chi connectivity index (χ4v) is 3.38. The van der Waals surface area contributed by atoms with E-state index in [1.165, 1.54) is 6.07 Å². The highest BCUT2D eigenvalue weighted by Crippen LogP contribution is 2.26. The number of nitrogens with zero attached hydrogens (tertiary/aromatic N) is 2. The lowest BCUT2D eigenvalue weighted by atomic mass is 10.0. The third kappa shape index (κ3) is 3.14. The number of nitrogens with two attached hydrogens (primary N) is 2. The van der Waals surface area contributed by atoms with E-state index in [1.807, 2.05) is 0 Å². The van der Waals surface area contributed by atoms with E-state index in [4.69, 9.17) is 10.9 Å². The number of amides is 1. The Hall–Kier alpha value is -2.69. The number of hydrogen-bond donors (Lipinski definition) is 3. The van der Waals surface area contributed by atoms with Crippen LogP contribution in [0.15, 0.2) is 36.5 Å². The van der Waals surface area contributed by atoms with Crippen molar-refractivity contribution in [3.63, 3.8) is 0 Å². The minimum absolute atomic E-state index is 0.000626. The summed E-state index contributed by atoms with van der Waals surface area (Å²) in [7, 11) is -4.24. The van der Waals surface area contributed by atoms with Crippen LogP contribution in [0, 0.1) is 0 Å². The molecule has 3 rings (SSSR count). The molecule has 10 heteroatoms. The Morgan fingerprint density at radius 1 is 1.12 bits per heavy atom. The van der Waals surface area contributed by atoms with Gasteiger partial charge >= 0.3 is 16.2 Å². The van der Waals surface area contributed by atoms with Crippen molar-refractivity contribution in [2.75, 3.05) is 13.1 Å². The molecule has 132 valence electrons. The average Bonchev–Trinajstić information content (AvgIpc) is 2.97. The Morgan fingerprint density at radius 3 is 2.20 bits per heavy atom. The molecule has 1 aliphatic rings. The van der Waals surface area contributed by atoms with E-state index < -0.39 is 21.9 Å². The molecule has 2 heterocycles. The Labute approximate surface area is 143 Å². The molecular weight excluding hydrogens is 348 g/mol. The number of hydrogen-bond acceptors (Lipinski definition) is 5. The predicted molar refractivity (Wildman–Crippen MR) is 89.2 cm³/mol. The lowest BCUT2D eigenvalue weighted by Crippen LogP contribution is -2.57. The van der Waals surface area contributed by atoms with E-state index in [9.17, 15) is 23.1 Å². The van der Waals surface area contributed by atoms with Crippen LogP contribution >= 0.6 is 0 Å². The van der Waals surface area contributed by atoms with Gasteiger partial charge in [-0.05, 0) is 23.8 Å². The van der Waals surface area contributed by atoms with E-state index in [0.717, 1.165) is 6.20 Å². The molecular formula is C15H16N4O5S. The van der Waals surface area contributed by atoms with Crippen molar-refractivity contribution in [2.24, 2.45) is 10.9 Å². The van der Waals surface area contributed by atoms with E-state index in [0.29, 0.717) is 28.2 Å². The molecule has 1 aromatic heterocycles. The summed E-state index contributed by atoms with van der Waals surface area (Å²) in [6, 6.07) is 7.58. The Morgan fingerprint density at radius 2 is 1.72 bits per heavy atom. The van der Waals surface area contributed by atoms with Gasteiger partial charge in [0.2, 0.25) is 0 Å². The minimum Gasteiger partial charge on any atom is -0.477 e. The van der Waals surface area contributed by atoms with Gasteiger partial charge in [0.25, 0.3) is 5.91 Å². The quantitative estimate of drug-likeness (QED) is 0.677. The monoisotopic (exact) mass is 364 g/mol. The number of carboxylic acids is 1. The highest BCUT2D eigenvalue weighted by atomic mass is 32.2. The maximum Gasteiger partial charge on any atom is 0.354 e. The number of aromatic nitrogens is 1. The molecule has 2 aromatic rings. The second kappa shape index (κ2) is 5.99. The van der Waals surface area contributed by atoms with Gasteiger partial charge in [-0.25, -0.2) is 13.9 Å². The van der Waals surface area contributed by atoms with Crippen molar-refractivity contribution < 1.29 is 23.1 Å². The number of carboxylic acid groups (broad SMARTS) is 1. The molecule has 25 heavy (non-hydrogen) atoms. The first-order valence-electron chi connectivity index (χ1n) is 7.31. The van der Waals surface area contributed by atoms with Crippen LogP contribution in [0.2, 0.25) is 0 Å². The number of aromatic carboxylic acids is 1. The van der Waals surface area contributed by atoms with Crippen molar-refractivity contribution in [2.45, 2.75) is 6.04 Å². The molecule has 1 saturated heterocycles. The second-order valence-electron chi connectivity index (χ2n) is 5.77. The van der Waals surface area contributed by atoms with Crippen LogP contribution in [0.4, 0.5) is 0 Å². The van der Waals surface area contributed by atoms with Crippen molar-refractivity contribution in [1.29, 1.82) is 0 Å².